The highest BCUT2D eigenvalue weighted by atomic mass is 32.2. The van der Waals surface area contributed by atoms with E-state index in [1.54, 1.807) is 11.8 Å². The Labute approximate surface area is 159 Å². The SMILES string of the molecule is CCCSc1ccccc1C(=O)NC(c1ccccc1)c1ccccc1. The highest BCUT2D eigenvalue weighted by molar-refractivity contribution is 7.99. The molecule has 1 amide bonds. The van der Waals surface area contributed by atoms with Gasteiger partial charge in [-0.1, -0.05) is 79.7 Å². The van der Waals surface area contributed by atoms with Crippen molar-refractivity contribution in [2.45, 2.75) is 24.3 Å². The molecule has 0 atom stereocenters. The monoisotopic (exact) mass is 361 g/mol. The number of nitrogens with one attached hydrogen (secondary N) is 1. The molecule has 1 N–H and O–H groups in total. The minimum Gasteiger partial charge on any atom is -0.341 e. The normalized spacial score (nSPS) is 10.7. The number of carbonyl (C=O) groups excluding carboxylic acids is 1. The lowest BCUT2D eigenvalue weighted by molar-refractivity contribution is 0.0940. The number of carbonyl (C=O) groups is 1. The quantitative estimate of drug-likeness (QED) is 0.546. The molecule has 0 bridgehead atoms. The van der Waals surface area contributed by atoms with Gasteiger partial charge in [0.25, 0.3) is 5.91 Å². The first-order valence-corrected chi connectivity index (χ1v) is 9.90. The maximum absolute atomic E-state index is 13.1. The van der Waals surface area contributed by atoms with Crippen molar-refractivity contribution in [2.75, 3.05) is 5.75 Å². The van der Waals surface area contributed by atoms with Gasteiger partial charge in [0.1, 0.15) is 0 Å². The minimum absolute atomic E-state index is 0.0399. The third-order valence-electron chi connectivity index (χ3n) is 4.13. The zero-order valence-corrected chi connectivity index (χ0v) is 15.7. The van der Waals surface area contributed by atoms with Crippen LogP contribution < -0.4 is 5.32 Å². The van der Waals surface area contributed by atoms with Crippen LogP contribution in [-0.2, 0) is 0 Å². The molecule has 0 aliphatic rings. The second-order valence-electron chi connectivity index (χ2n) is 6.07. The van der Waals surface area contributed by atoms with E-state index in [2.05, 4.69) is 36.5 Å². The molecule has 0 aliphatic heterocycles. The maximum atomic E-state index is 13.1. The zero-order chi connectivity index (χ0) is 18.2. The fraction of sp³-hybridized carbons (Fsp3) is 0.174. The summed E-state index contributed by atoms with van der Waals surface area (Å²) in [4.78, 5) is 14.1. The summed E-state index contributed by atoms with van der Waals surface area (Å²) >= 11 is 1.73. The third-order valence-corrected chi connectivity index (χ3v) is 5.41. The summed E-state index contributed by atoms with van der Waals surface area (Å²) in [5.74, 6) is 0.965. The lowest BCUT2D eigenvalue weighted by Crippen LogP contribution is -2.29. The van der Waals surface area contributed by atoms with Crippen LogP contribution in [0.5, 0.6) is 0 Å². The van der Waals surface area contributed by atoms with E-state index in [4.69, 9.17) is 0 Å². The first kappa shape index (κ1) is 18.3. The molecule has 2 nitrogen and oxygen atoms in total. The predicted molar refractivity (Wildman–Crippen MR) is 110 cm³/mol. The van der Waals surface area contributed by atoms with Gasteiger partial charge in [-0.2, -0.15) is 0 Å². The standard InChI is InChI=1S/C23H23NOS/c1-2-17-26-21-16-10-9-15-20(21)23(25)24-22(18-11-5-3-6-12-18)19-13-7-4-8-14-19/h3-16,22H,2,17H2,1H3,(H,24,25). The van der Waals surface area contributed by atoms with E-state index in [9.17, 15) is 4.79 Å². The van der Waals surface area contributed by atoms with Crippen LogP contribution in [0.1, 0.15) is 40.9 Å². The Hall–Kier alpha value is -2.52. The molecule has 3 aromatic carbocycles. The molecule has 0 spiro atoms. The Morgan fingerprint density at radius 3 is 1.96 bits per heavy atom. The molecule has 0 saturated carbocycles. The predicted octanol–water partition coefficient (Wildman–Crippen LogP) is 5.71. The van der Waals surface area contributed by atoms with E-state index in [0.717, 1.165) is 33.8 Å². The molecule has 3 heteroatoms. The summed E-state index contributed by atoms with van der Waals surface area (Å²) in [5.41, 5.74) is 2.89. The van der Waals surface area contributed by atoms with Crippen molar-refractivity contribution >= 4 is 17.7 Å². The van der Waals surface area contributed by atoms with Gasteiger partial charge in [-0.05, 0) is 35.4 Å². The van der Waals surface area contributed by atoms with Crippen LogP contribution >= 0.6 is 11.8 Å². The summed E-state index contributed by atoms with van der Waals surface area (Å²) in [7, 11) is 0. The molecule has 3 rings (SSSR count). The second-order valence-corrected chi connectivity index (χ2v) is 7.21. The number of amides is 1. The van der Waals surface area contributed by atoms with E-state index in [1.165, 1.54) is 0 Å². The maximum Gasteiger partial charge on any atom is 0.253 e. The fourth-order valence-electron chi connectivity index (χ4n) is 2.85. The molecule has 0 radical (unpaired) electrons. The fourth-order valence-corrected chi connectivity index (χ4v) is 3.77. The molecular weight excluding hydrogens is 338 g/mol. The van der Waals surface area contributed by atoms with Crippen molar-refractivity contribution in [1.29, 1.82) is 0 Å². The van der Waals surface area contributed by atoms with Crippen LogP contribution in [0.2, 0.25) is 0 Å². The van der Waals surface area contributed by atoms with Crippen molar-refractivity contribution in [2.24, 2.45) is 0 Å². The van der Waals surface area contributed by atoms with Gasteiger partial charge in [-0.25, -0.2) is 0 Å². The number of benzene rings is 3. The van der Waals surface area contributed by atoms with Gasteiger partial charge in [0.05, 0.1) is 11.6 Å². The van der Waals surface area contributed by atoms with Crippen molar-refractivity contribution in [3.63, 3.8) is 0 Å². The van der Waals surface area contributed by atoms with Gasteiger partial charge in [0.2, 0.25) is 0 Å². The van der Waals surface area contributed by atoms with Crippen LogP contribution in [0, 0.1) is 0 Å². The molecule has 0 aliphatic carbocycles. The summed E-state index contributed by atoms with van der Waals surface area (Å²) in [6.45, 7) is 2.15. The van der Waals surface area contributed by atoms with E-state index < -0.39 is 0 Å². The Morgan fingerprint density at radius 2 is 1.38 bits per heavy atom. The molecule has 0 aromatic heterocycles. The summed E-state index contributed by atoms with van der Waals surface area (Å²) < 4.78 is 0. The Morgan fingerprint density at radius 1 is 0.846 bits per heavy atom. The van der Waals surface area contributed by atoms with Gasteiger partial charge < -0.3 is 5.32 Å². The first-order valence-electron chi connectivity index (χ1n) is 8.92. The summed E-state index contributed by atoms with van der Waals surface area (Å²) in [6, 6.07) is 27.9. The first-order chi connectivity index (χ1) is 12.8. The van der Waals surface area contributed by atoms with Gasteiger partial charge in [-0.15, -0.1) is 11.8 Å². The van der Waals surface area contributed by atoms with Crippen molar-refractivity contribution in [1.82, 2.24) is 5.32 Å². The molecule has 0 unspecified atom stereocenters. The molecule has 0 fully saturated rings. The van der Waals surface area contributed by atoms with Gasteiger partial charge in [0, 0.05) is 4.90 Å². The van der Waals surface area contributed by atoms with Crippen LogP contribution in [0.3, 0.4) is 0 Å². The van der Waals surface area contributed by atoms with Crippen molar-refractivity contribution < 1.29 is 4.79 Å². The number of rotatable bonds is 7. The molecular formula is C23H23NOS. The Bertz CT molecular complexity index is 794. The molecule has 0 saturated heterocycles. The second kappa shape index (κ2) is 9.25. The van der Waals surface area contributed by atoms with Crippen molar-refractivity contribution in [3.05, 3.63) is 102 Å². The topological polar surface area (TPSA) is 29.1 Å². The third kappa shape index (κ3) is 4.55. The lowest BCUT2D eigenvalue weighted by Gasteiger charge is -2.20. The van der Waals surface area contributed by atoms with Crippen LogP contribution in [0.4, 0.5) is 0 Å². The van der Waals surface area contributed by atoms with Gasteiger partial charge in [-0.3, -0.25) is 4.79 Å². The average molecular weight is 362 g/mol. The Balaban J connectivity index is 1.89. The van der Waals surface area contributed by atoms with Gasteiger partial charge >= 0.3 is 0 Å². The largest absolute Gasteiger partial charge is 0.341 e. The van der Waals surface area contributed by atoms with Crippen LogP contribution in [-0.4, -0.2) is 11.7 Å². The van der Waals surface area contributed by atoms with Crippen LogP contribution in [0.15, 0.2) is 89.8 Å². The molecule has 0 heterocycles. The zero-order valence-electron chi connectivity index (χ0n) is 14.9. The Kier molecular flexibility index (Phi) is 6.50. The molecule has 26 heavy (non-hydrogen) atoms. The van der Waals surface area contributed by atoms with E-state index in [-0.39, 0.29) is 11.9 Å². The number of thioether (sulfide) groups is 1. The van der Waals surface area contributed by atoms with Gasteiger partial charge in [0.15, 0.2) is 0 Å². The summed E-state index contributed by atoms with van der Waals surface area (Å²) in [5, 5.41) is 3.23. The van der Waals surface area contributed by atoms with E-state index >= 15 is 0 Å². The number of hydrogen-bond acceptors (Lipinski definition) is 2. The van der Waals surface area contributed by atoms with E-state index in [1.807, 2.05) is 60.7 Å². The highest BCUT2D eigenvalue weighted by Gasteiger charge is 2.19. The minimum atomic E-state index is -0.172. The number of hydrogen-bond donors (Lipinski definition) is 1. The highest BCUT2D eigenvalue weighted by Crippen LogP contribution is 2.26. The van der Waals surface area contributed by atoms with Crippen LogP contribution in [0.25, 0.3) is 0 Å². The van der Waals surface area contributed by atoms with Crippen molar-refractivity contribution in [3.8, 4) is 0 Å². The lowest BCUT2D eigenvalue weighted by atomic mass is 9.98. The molecule has 3 aromatic rings. The smallest absolute Gasteiger partial charge is 0.253 e. The molecule has 132 valence electrons. The average Bonchev–Trinajstić information content (AvgIpc) is 2.72. The van der Waals surface area contributed by atoms with E-state index in [0.29, 0.717) is 0 Å². The summed E-state index contributed by atoms with van der Waals surface area (Å²) in [6.07, 6.45) is 1.08.